The van der Waals surface area contributed by atoms with Crippen molar-refractivity contribution in [3.63, 3.8) is 0 Å². The molecule has 76 valence electrons. The summed E-state index contributed by atoms with van der Waals surface area (Å²) in [7, 11) is 0. The van der Waals surface area contributed by atoms with Gasteiger partial charge in [0.05, 0.1) is 5.60 Å². The highest BCUT2D eigenvalue weighted by Gasteiger charge is 2.40. The van der Waals surface area contributed by atoms with Crippen LogP contribution in [0.4, 0.5) is 0 Å². The van der Waals surface area contributed by atoms with E-state index >= 15 is 0 Å². The van der Waals surface area contributed by atoms with Crippen molar-refractivity contribution in [2.75, 3.05) is 0 Å². The molecule has 0 bridgehead atoms. The maximum atomic E-state index is 9.78. The van der Waals surface area contributed by atoms with Crippen molar-refractivity contribution in [1.29, 1.82) is 0 Å². The van der Waals surface area contributed by atoms with Gasteiger partial charge in [-0.1, -0.05) is 24.3 Å². The van der Waals surface area contributed by atoms with E-state index in [0.717, 1.165) is 24.8 Å². The maximum absolute atomic E-state index is 9.78. The third kappa shape index (κ3) is 2.14. The Bertz CT molecular complexity index is 329. The summed E-state index contributed by atoms with van der Waals surface area (Å²) in [4.78, 5) is 0. The van der Waals surface area contributed by atoms with Gasteiger partial charge in [-0.3, -0.25) is 0 Å². The van der Waals surface area contributed by atoms with E-state index in [4.69, 9.17) is 5.73 Å². The Hall–Kier alpha value is -0.860. The third-order valence-electron chi connectivity index (χ3n) is 2.84. The summed E-state index contributed by atoms with van der Waals surface area (Å²) in [5.74, 6) is 0. The molecule has 1 unspecified atom stereocenters. The van der Waals surface area contributed by atoms with Crippen molar-refractivity contribution >= 4 is 0 Å². The van der Waals surface area contributed by atoms with Crippen molar-refractivity contribution in [2.24, 2.45) is 5.73 Å². The van der Waals surface area contributed by atoms with E-state index in [-0.39, 0.29) is 6.04 Å². The molecule has 2 heteroatoms. The maximum Gasteiger partial charge on any atom is 0.0690 e. The zero-order chi connectivity index (χ0) is 10.2. The Balaban J connectivity index is 2.13. The number of benzene rings is 1. The molecule has 1 aliphatic rings. The number of nitrogens with two attached hydrogens (primary N) is 1. The molecule has 0 heterocycles. The van der Waals surface area contributed by atoms with Crippen LogP contribution in [0, 0.1) is 0 Å². The summed E-state index contributed by atoms with van der Waals surface area (Å²) in [6, 6.07) is 8.28. The van der Waals surface area contributed by atoms with Crippen molar-refractivity contribution < 1.29 is 5.11 Å². The second-order valence-corrected chi connectivity index (χ2v) is 4.43. The highest BCUT2D eigenvalue weighted by molar-refractivity contribution is 5.27. The average molecular weight is 191 g/mol. The lowest BCUT2D eigenvalue weighted by molar-refractivity contribution is 0.151. The van der Waals surface area contributed by atoms with Gasteiger partial charge < -0.3 is 10.8 Å². The summed E-state index contributed by atoms with van der Waals surface area (Å²) < 4.78 is 0. The van der Waals surface area contributed by atoms with Gasteiger partial charge in [0.2, 0.25) is 0 Å². The topological polar surface area (TPSA) is 46.2 Å². The number of hydrogen-bond acceptors (Lipinski definition) is 2. The molecule has 1 saturated carbocycles. The van der Waals surface area contributed by atoms with Crippen molar-refractivity contribution in [3.05, 3.63) is 35.4 Å². The molecular weight excluding hydrogens is 174 g/mol. The molecule has 2 nitrogen and oxygen atoms in total. The molecule has 1 aliphatic carbocycles. The van der Waals surface area contributed by atoms with Crippen LogP contribution in [-0.2, 0) is 6.42 Å². The number of rotatable bonds is 3. The predicted molar refractivity (Wildman–Crippen MR) is 56.9 cm³/mol. The monoisotopic (exact) mass is 191 g/mol. The summed E-state index contributed by atoms with van der Waals surface area (Å²) in [5.41, 5.74) is 7.73. The van der Waals surface area contributed by atoms with E-state index in [1.165, 1.54) is 5.56 Å². The molecule has 1 aromatic rings. The Morgan fingerprint density at radius 3 is 2.79 bits per heavy atom. The van der Waals surface area contributed by atoms with Crippen LogP contribution in [0.15, 0.2) is 24.3 Å². The minimum Gasteiger partial charge on any atom is -0.390 e. The van der Waals surface area contributed by atoms with Crippen molar-refractivity contribution in [1.82, 2.24) is 0 Å². The van der Waals surface area contributed by atoms with Gasteiger partial charge in [-0.2, -0.15) is 0 Å². The molecule has 0 aliphatic heterocycles. The minimum absolute atomic E-state index is 0.0730. The molecule has 0 radical (unpaired) electrons. The molecule has 14 heavy (non-hydrogen) atoms. The van der Waals surface area contributed by atoms with Gasteiger partial charge in [-0.25, -0.2) is 0 Å². The van der Waals surface area contributed by atoms with Crippen LogP contribution in [0.1, 0.15) is 36.9 Å². The fourth-order valence-electron chi connectivity index (χ4n) is 1.69. The van der Waals surface area contributed by atoms with Gasteiger partial charge in [-0.05, 0) is 30.9 Å². The van der Waals surface area contributed by atoms with Crippen LogP contribution < -0.4 is 5.73 Å². The first-order valence-electron chi connectivity index (χ1n) is 5.16. The van der Waals surface area contributed by atoms with Crippen LogP contribution in [0.25, 0.3) is 0 Å². The van der Waals surface area contributed by atoms with Crippen LogP contribution in [0.2, 0.25) is 0 Å². The molecule has 0 saturated heterocycles. The van der Waals surface area contributed by atoms with E-state index in [9.17, 15) is 5.11 Å². The highest BCUT2D eigenvalue weighted by atomic mass is 16.3. The molecule has 0 amide bonds. The van der Waals surface area contributed by atoms with Crippen LogP contribution in [-0.4, -0.2) is 10.7 Å². The molecule has 1 fully saturated rings. The lowest BCUT2D eigenvalue weighted by Crippen LogP contribution is -2.11. The van der Waals surface area contributed by atoms with Crippen LogP contribution in [0.5, 0.6) is 0 Å². The van der Waals surface area contributed by atoms with E-state index in [0.29, 0.717) is 0 Å². The van der Waals surface area contributed by atoms with E-state index in [2.05, 4.69) is 12.1 Å². The SMILES string of the molecule is CC(N)c1cccc(CC2(O)CC2)c1. The molecule has 0 spiro atoms. The van der Waals surface area contributed by atoms with Gasteiger partial charge in [0.1, 0.15) is 0 Å². The first kappa shape index (κ1) is 9.69. The zero-order valence-corrected chi connectivity index (χ0v) is 8.53. The Kier molecular flexibility index (Phi) is 2.33. The number of hydrogen-bond donors (Lipinski definition) is 2. The zero-order valence-electron chi connectivity index (χ0n) is 8.53. The summed E-state index contributed by atoms with van der Waals surface area (Å²) >= 11 is 0. The van der Waals surface area contributed by atoms with Gasteiger partial charge in [0.25, 0.3) is 0 Å². The smallest absolute Gasteiger partial charge is 0.0690 e. The first-order chi connectivity index (χ1) is 6.59. The molecular formula is C12H17NO. The normalized spacial score (nSPS) is 20.5. The lowest BCUT2D eigenvalue weighted by atomic mass is 10.0. The molecule has 2 rings (SSSR count). The molecule has 3 N–H and O–H groups in total. The molecule has 1 atom stereocenters. The van der Waals surface area contributed by atoms with E-state index in [1.807, 2.05) is 19.1 Å². The minimum atomic E-state index is -0.406. The summed E-state index contributed by atoms with van der Waals surface area (Å²) in [6.45, 7) is 1.98. The quantitative estimate of drug-likeness (QED) is 0.765. The number of aliphatic hydroxyl groups is 1. The predicted octanol–water partition coefficient (Wildman–Crippen LogP) is 1.77. The second-order valence-electron chi connectivity index (χ2n) is 4.43. The fraction of sp³-hybridized carbons (Fsp3) is 0.500. The standard InChI is InChI=1S/C12H17NO/c1-9(13)11-4-2-3-10(7-11)8-12(14)5-6-12/h2-4,7,9,14H,5-6,8,13H2,1H3. The van der Waals surface area contributed by atoms with Gasteiger partial charge in [-0.15, -0.1) is 0 Å². The second kappa shape index (κ2) is 3.37. The first-order valence-corrected chi connectivity index (χ1v) is 5.16. The summed E-state index contributed by atoms with van der Waals surface area (Å²) in [6.07, 6.45) is 2.65. The Labute approximate surface area is 84.7 Å². The average Bonchev–Trinajstić information content (AvgIpc) is 2.83. The Morgan fingerprint density at radius 2 is 2.21 bits per heavy atom. The van der Waals surface area contributed by atoms with Crippen molar-refractivity contribution in [3.8, 4) is 0 Å². The van der Waals surface area contributed by atoms with E-state index in [1.54, 1.807) is 0 Å². The lowest BCUT2D eigenvalue weighted by Gasteiger charge is -2.10. The highest BCUT2D eigenvalue weighted by Crippen LogP contribution is 2.38. The summed E-state index contributed by atoms with van der Waals surface area (Å²) in [5, 5.41) is 9.78. The molecule has 1 aromatic carbocycles. The molecule has 0 aromatic heterocycles. The van der Waals surface area contributed by atoms with E-state index < -0.39 is 5.60 Å². The van der Waals surface area contributed by atoms with Crippen LogP contribution >= 0.6 is 0 Å². The van der Waals surface area contributed by atoms with Gasteiger partial charge >= 0.3 is 0 Å². The van der Waals surface area contributed by atoms with Gasteiger partial charge in [0.15, 0.2) is 0 Å². The van der Waals surface area contributed by atoms with Crippen LogP contribution in [0.3, 0.4) is 0 Å². The Morgan fingerprint density at radius 1 is 1.50 bits per heavy atom. The largest absolute Gasteiger partial charge is 0.390 e. The van der Waals surface area contributed by atoms with Gasteiger partial charge in [0, 0.05) is 12.5 Å². The van der Waals surface area contributed by atoms with Crippen molar-refractivity contribution in [2.45, 2.75) is 37.8 Å². The third-order valence-corrected chi connectivity index (χ3v) is 2.84. The fourth-order valence-corrected chi connectivity index (χ4v) is 1.69.